The third-order valence-electron chi connectivity index (χ3n) is 10.2. The first-order valence-electron chi connectivity index (χ1n) is 17.4. The molecule has 0 aliphatic heterocycles. The minimum Gasteiger partial charge on any atom is -0.456 e. The van der Waals surface area contributed by atoms with Gasteiger partial charge in [-0.05, 0) is 57.9 Å². The predicted octanol–water partition coefficient (Wildman–Crippen LogP) is 12.2. The van der Waals surface area contributed by atoms with Crippen molar-refractivity contribution in [3.05, 3.63) is 170 Å². The van der Waals surface area contributed by atoms with E-state index >= 15 is 0 Å². The van der Waals surface area contributed by atoms with E-state index in [1.807, 2.05) is 30.3 Å². The molecule has 52 heavy (non-hydrogen) atoms. The maximum atomic E-state index is 6.54. The van der Waals surface area contributed by atoms with Crippen molar-refractivity contribution in [3.8, 4) is 39.9 Å². The largest absolute Gasteiger partial charge is 0.456 e. The Morgan fingerprint density at radius 2 is 1.00 bits per heavy atom. The maximum Gasteiger partial charge on any atom is 0.166 e. The number of aromatic nitrogens is 4. The molecule has 242 valence electrons. The number of furan rings is 1. The monoisotopic (exact) mass is 664 g/mol. The van der Waals surface area contributed by atoms with Crippen molar-refractivity contribution in [3.63, 3.8) is 0 Å². The number of hydrogen-bond acceptors (Lipinski definition) is 4. The van der Waals surface area contributed by atoms with Gasteiger partial charge in [0.2, 0.25) is 0 Å². The average Bonchev–Trinajstić information content (AvgIpc) is 3.74. The van der Waals surface area contributed by atoms with Crippen LogP contribution in [0.3, 0.4) is 0 Å². The van der Waals surface area contributed by atoms with Gasteiger partial charge in [-0.1, -0.05) is 127 Å². The quantitative estimate of drug-likeness (QED) is 0.188. The fourth-order valence-electron chi connectivity index (χ4n) is 7.71. The molecule has 0 bridgehead atoms. The van der Waals surface area contributed by atoms with Crippen LogP contribution >= 0.6 is 0 Å². The van der Waals surface area contributed by atoms with Crippen LogP contribution in [-0.2, 0) is 0 Å². The molecular formula is C47H28N4O. The summed E-state index contributed by atoms with van der Waals surface area (Å²) in [5, 5.41) is 9.10. The van der Waals surface area contributed by atoms with Gasteiger partial charge in [-0.2, -0.15) is 0 Å². The zero-order valence-corrected chi connectivity index (χ0v) is 27.9. The van der Waals surface area contributed by atoms with E-state index < -0.39 is 0 Å². The molecule has 11 aromatic rings. The minimum absolute atomic E-state index is 0.589. The maximum absolute atomic E-state index is 6.54. The van der Waals surface area contributed by atoms with Crippen molar-refractivity contribution in [2.45, 2.75) is 0 Å². The summed E-state index contributed by atoms with van der Waals surface area (Å²) in [5.41, 5.74) is 7.51. The first-order chi connectivity index (χ1) is 25.7. The highest BCUT2D eigenvalue weighted by Gasteiger charge is 2.22. The van der Waals surface area contributed by atoms with E-state index in [1.54, 1.807) is 0 Å². The van der Waals surface area contributed by atoms with Gasteiger partial charge in [0.1, 0.15) is 11.2 Å². The molecule has 0 fully saturated rings. The molecule has 0 spiro atoms. The van der Waals surface area contributed by atoms with E-state index in [1.165, 1.54) is 26.9 Å². The first-order valence-corrected chi connectivity index (χ1v) is 17.4. The molecule has 0 aliphatic rings. The Kier molecular flexibility index (Phi) is 6.18. The average molecular weight is 665 g/mol. The highest BCUT2D eigenvalue weighted by atomic mass is 16.3. The van der Waals surface area contributed by atoms with Crippen LogP contribution in [0.1, 0.15) is 0 Å². The lowest BCUT2D eigenvalue weighted by atomic mass is 10.0. The molecule has 0 saturated carbocycles. The van der Waals surface area contributed by atoms with Gasteiger partial charge in [-0.25, -0.2) is 15.0 Å². The summed E-state index contributed by atoms with van der Waals surface area (Å²) in [6.07, 6.45) is 0. The number of rotatable bonds is 4. The fourth-order valence-corrected chi connectivity index (χ4v) is 7.71. The smallest absolute Gasteiger partial charge is 0.166 e. The Hall–Kier alpha value is -7.11. The molecular weight excluding hydrogens is 637 g/mol. The fraction of sp³-hybridized carbons (Fsp3) is 0. The zero-order valence-electron chi connectivity index (χ0n) is 27.9. The Labute approximate surface area is 298 Å². The molecule has 0 amide bonds. The molecule has 0 N–H and O–H groups in total. The molecule has 0 aliphatic carbocycles. The van der Waals surface area contributed by atoms with Crippen molar-refractivity contribution in [2.75, 3.05) is 0 Å². The third-order valence-corrected chi connectivity index (χ3v) is 10.2. The second-order valence-electron chi connectivity index (χ2n) is 13.3. The number of benzene rings is 8. The molecule has 5 heteroatoms. The van der Waals surface area contributed by atoms with Gasteiger partial charge in [-0.3, -0.25) is 0 Å². The Morgan fingerprint density at radius 3 is 1.83 bits per heavy atom. The molecule has 11 rings (SSSR count). The van der Waals surface area contributed by atoms with Gasteiger partial charge < -0.3 is 8.98 Å². The Bertz CT molecular complexity index is 3190. The van der Waals surface area contributed by atoms with E-state index in [-0.39, 0.29) is 0 Å². The molecule has 0 atom stereocenters. The second-order valence-corrected chi connectivity index (χ2v) is 13.3. The lowest BCUT2D eigenvalue weighted by Crippen LogP contribution is -2.04. The molecule has 0 radical (unpaired) electrons. The molecule has 3 aromatic heterocycles. The van der Waals surface area contributed by atoms with Crippen LogP contribution in [0.25, 0.3) is 105 Å². The second kappa shape index (κ2) is 11.2. The number of hydrogen-bond donors (Lipinski definition) is 0. The lowest BCUT2D eigenvalue weighted by Gasteiger charge is -2.15. The van der Waals surface area contributed by atoms with Crippen molar-refractivity contribution in [1.82, 2.24) is 19.5 Å². The van der Waals surface area contributed by atoms with Crippen LogP contribution in [-0.4, -0.2) is 19.5 Å². The van der Waals surface area contributed by atoms with Crippen LogP contribution in [0.2, 0.25) is 0 Å². The summed E-state index contributed by atoms with van der Waals surface area (Å²) < 4.78 is 8.88. The highest BCUT2D eigenvalue weighted by molar-refractivity contribution is 6.15. The lowest BCUT2D eigenvalue weighted by molar-refractivity contribution is 0.668. The standard InChI is InChI=1S/C47H28N4O/c1-2-13-30(14-3-1)45-48-46(34-23-22-29-12-4-5-15-31(29)24-34)50-47(49-45)39-27-38-36-19-9-11-21-43(36)52-44(38)28-42(39)51-40-20-10-8-18-35(40)37-25-32-16-6-7-17-33(32)26-41(37)51/h1-28H. The molecule has 5 nitrogen and oxygen atoms in total. The molecule has 3 heterocycles. The third kappa shape index (κ3) is 4.46. The van der Waals surface area contributed by atoms with E-state index in [4.69, 9.17) is 19.4 Å². The Morgan fingerprint density at radius 1 is 0.365 bits per heavy atom. The topological polar surface area (TPSA) is 56.7 Å². The van der Waals surface area contributed by atoms with Gasteiger partial charge >= 0.3 is 0 Å². The minimum atomic E-state index is 0.589. The summed E-state index contributed by atoms with van der Waals surface area (Å²) in [5.74, 6) is 1.82. The van der Waals surface area contributed by atoms with Gasteiger partial charge in [-0.15, -0.1) is 0 Å². The SMILES string of the molecule is c1ccc(-c2nc(-c3ccc4ccccc4c3)nc(-c3cc4c(cc3-n3c5ccccc5c5cc6ccccc6cc53)oc3ccccc34)n2)cc1. The highest BCUT2D eigenvalue weighted by Crippen LogP contribution is 2.41. The summed E-state index contributed by atoms with van der Waals surface area (Å²) in [6.45, 7) is 0. The van der Waals surface area contributed by atoms with Gasteiger partial charge in [0.25, 0.3) is 0 Å². The first kappa shape index (κ1) is 28.7. The molecule has 8 aromatic carbocycles. The van der Waals surface area contributed by atoms with E-state index in [2.05, 4.69) is 144 Å². The number of para-hydroxylation sites is 2. The van der Waals surface area contributed by atoms with Crippen molar-refractivity contribution >= 4 is 65.3 Å². The summed E-state index contributed by atoms with van der Waals surface area (Å²) in [7, 11) is 0. The predicted molar refractivity (Wildman–Crippen MR) is 213 cm³/mol. The van der Waals surface area contributed by atoms with Crippen molar-refractivity contribution in [1.29, 1.82) is 0 Å². The van der Waals surface area contributed by atoms with Crippen LogP contribution in [0, 0.1) is 0 Å². The van der Waals surface area contributed by atoms with Gasteiger partial charge in [0.05, 0.1) is 16.7 Å². The van der Waals surface area contributed by atoms with Gasteiger partial charge in [0.15, 0.2) is 17.5 Å². The number of fused-ring (bicyclic) bond motifs is 8. The summed E-state index contributed by atoms with van der Waals surface area (Å²) >= 11 is 0. The molecule has 0 saturated heterocycles. The van der Waals surface area contributed by atoms with E-state index in [9.17, 15) is 0 Å². The van der Waals surface area contributed by atoms with Gasteiger partial charge in [0, 0.05) is 44.3 Å². The Balaban J connectivity index is 1.26. The van der Waals surface area contributed by atoms with Crippen LogP contribution in [0.5, 0.6) is 0 Å². The van der Waals surface area contributed by atoms with Crippen LogP contribution < -0.4 is 0 Å². The summed E-state index contributed by atoms with van der Waals surface area (Å²) in [4.78, 5) is 15.6. The van der Waals surface area contributed by atoms with Crippen LogP contribution in [0.15, 0.2) is 174 Å². The van der Waals surface area contributed by atoms with Crippen molar-refractivity contribution in [2.24, 2.45) is 0 Å². The summed E-state index contributed by atoms with van der Waals surface area (Å²) in [6, 6.07) is 59.2. The molecule has 0 unspecified atom stereocenters. The van der Waals surface area contributed by atoms with Crippen LogP contribution in [0.4, 0.5) is 0 Å². The van der Waals surface area contributed by atoms with Crippen molar-refractivity contribution < 1.29 is 4.42 Å². The normalized spacial score (nSPS) is 11.8. The zero-order chi connectivity index (χ0) is 34.2. The number of nitrogens with zero attached hydrogens (tertiary/aromatic N) is 4. The van der Waals surface area contributed by atoms with E-state index in [0.29, 0.717) is 17.5 Å². The van der Waals surface area contributed by atoms with E-state index in [0.717, 1.165) is 60.7 Å².